The molecular formula is C18H20N3O3. The monoisotopic (exact) mass is 326 g/mol. The summed E-state index contributed by atoms with van der Waals surface area (Å²) in [6, 6.07) is 0. The van der Waals surface area contributed by atoms with Gasteiger partial charge >= 0.3 is 6.09 Å². The standard InChI is InChI=1S/C18H20N3O3/c1-18(2,3)24-17(23)21-11-7-6-10-20-15(22)14(19-16(20)21)12-13-8-4-5-9-13/h4-9,12H,10-11H2,1-3H3/b14-12-. The van der Waals surface area contributed by atoms with E-state index in [-0.39, 0.29) is 5.91 Å². The lowest BCUT2D eigenvalue weighted by molar-refractivity contribution is -0.122. The van der Waals surface area contributed by atoms with E-state index in [2.05, 4.69) is 4.99 Å². The zero-order chi connectivity index (χ0) is 17.3. The zero-order valence-corrected chi connectivity index (χ0v) is 14.0. The van der Waals surface area contributed by atoms with Gasteiger partial charge in [-0.2, -0.15) is 0 Å². The molecule has 2 amide bonds. The summed E-state index contributed by atoms with van der Waals surface area (Å²) in [7, 11) is 0. The number of hydrogen-bond acceptors (Lipinski definition) is 4. The van der Waals surface area contributed by atoms with Crippen LogP contribution in [0, 0.1) is 31.6 Å². The zero-order valence-electron chi connectivity index (χ0n) is 14.0. The number of allylic oxidation sites excluding steroid dienone is 1. The van der Waals surface area contributed by atoms with Crippen molar-refractivity contribution in [1.82, 2.24) is 9.80 Å². The van der Waals surface area contributed by atoms with Crippen LogP contribution in [0.1, 0.15) is 20.8 Å². The smallest absolute Gasteiger partial charge is 0.417 e. The Morgan fingerprint density at radius 3 is 2.54 bits per heavy atom. The molecule has 6 heteroatoms. The SMILES string of the molecule is CC(C)(C)OC(=O)N1CC=CCN2C(=O)/C(=C/[C]3[CH][CH][CH][CH]3)N=C12. The summed E-state index contributed by atoms with van der Waals surface area (Å²) >= 11 is 0. The van der Waals surface area contributed by atoms with Crippen LogP contribution in [0.3, 0.4) is 0 Å². The number of carbonyl (C=O) groups excluding carboxylic acids is 2. The highest BCUT2D eigenvalue weighted by molar-refractivity contribution is 6.14. The molecule has 0 bridgehead atoms. The molecule has 2 heterocycles. The van der Waals surface area contributed by atoms with Crippen LogP contribution in [0.2, 0.25) is 0 Å². The summed E-state index contributed by atoms with van der Waals surface area (Å²) in [5.74, 6) is 1.00. The van der Waals surface area contributed by atoms with Crippen LogP contribution < -0.4 is 0 Å². The van der Waals surface area contributed by atoms with Crippen molar-refractivity contribution in [3.05, 3.63) is 55.5 Å². The highest BCUT2D eigenvalue weighted by atomic mass is 16.6. The predicted octanol–water partition coefficient (Wildman–Crippen LogP) is 2.28. The molecule has 0 saturated heterocycles. The van der Waals surface area contributed by atoms with Crippen LogP contribution in [-0.4, -0.2) is 46.5 Å². The van der Waals surface area contributed by atoms with Crippen molar-refractivity contribution in [1.29, 1.82) is 0 Å². The number of nitrogens with zero attached hydrogens (tertiary/aromatic N) is 3. The molecule has 0 aromatic heterocycles. The van der Waals surface area contributed by atoms with Gasteiger partial charge in [0.1, 0.15) is 11.3 Å². The molecule has 0 unspecified atom stereocenters. The summed E-state index contributed by atoms with van der Waals surface area (Å²) < 4.78 is 5.43. The van der Waals surface area contributed by atoms with Crippen molar-refractivity contribution in [2.45, 2.75) is 26.4 Å². The first-order valence-electron chi connectivity index (χ1n) is 7.85. The molecule has 0 aromatic carbocycles. The average Bonchev–Trinajstić information content (AvgIpc) is 3.02. The lowest BCUT2D eigenvalue weighted by Gasteiger charge is -2.27. The Hall–Kier alpha value is -2.11. The van der Waals surface area contributed by atoms with Crippen molar-refractivity contribution < 1.29 is 14.3 Å². The first-order chi connectivity index (χ1) is 11.3. The maximum Gasteiger partial charge on any atom is 0.417 e. The van der Waals surface area contributed by atoms with Crippen molar-refractivity contribution in [2.75, 3.05) is 13.1 Å². The lowest BCUT2D eigenvalue weighted by Crippen LogP contribution is -2.47. The minimum atomic E-state index is -0.616. The van der Waals surface area contributed by atoms with Gasteiger partial charge in [-0.3, -0.25) is 9.69 Å². The number of ether oxygens (including phenoxy) is 1. The van der Waals surface area contributed by atoms with Gasteiger partial charge in [0.2, 0.25) is 5.96 Å². The van der Waals surface area contributed by atoms with Gasteiger partial charge in [0, 0.05) is 12.5 Å². The third-order valence-corrected chi connectivity index (χ3v) is 3.52. The average molecular weight is 326 g/mol. The van der Waals surface area contributed by atoms with Gasteiger partial charge in [0.25, 0.3) is 5.91 Å². The molecule has 2 aliphatic heterocycles. The highest BCUT2D eigenvalue weighted by Crippen LogP contribution is 2.28. The van der Waals surface area contributed by atoms with Crippen LogP contribution in [0.15, 0.2) is 28.9 Å². The molecule has 0 N–H and O–H groups in total. The van der Waals surface area contributed by atoms with Gasteiger partial charge in [0.05, 0.1) is 6.54 Å². The molecule has 1 aliphatic carbocycles. The summed E-state index contributed by atoms with van der Waals surface area (Å²) in [5.41, 5.74) is -0.297. The summed E-state index contributed by atoms with van der Waals surface area (Å²) in [6.45, 7) is 6.12. The largest absolute Gasteiger partial charge is 0.443 e. The van der Waals surface area contributed by atoms with Crippen LogP contribution >= 0.6 is 0 Å². The van der Waals surface area contributed by atoms with Gasteiger partial charge in [-0.25, -0.2) is 14.7 Å². The van der Waals surface area contributed by atoms with Crippen LogP contribution in [0.4, 0.5) is 4.79 Å². The van der Waals surface area contributed by atoms with E-state index in [4.69, 9.17) is 4.74 Å². The Morgan fingerprint density at radius 1 is 1.21 bits per heavy atom. The molecule has 125 valence electrons. The Labute approximate surface area is 142 Å². The lowest BCUT2D eigenvalue weighted by atomic mass is 10.1. The van der Waals surface area contributed by atoms with Gasteiger partial charge in [0.15, 0.2) is 0 Å². The minimum Gasteiger partial charge on any atom is -0.443 e. The first-order valence-corrected chi connectivity index (χ1v) is 7.85. The summed E-state index contributed by atoms with van der Waals surface area (Å²) in [4.78, 5) is 32.3. The van der Waals surface area contributed by atoms with E-state index in [1.165, 1.54) is 9.80 Å². The second kappa shape index (κ2) is 6.42. The van der Waals surface area contributed by atoms with E-state index in [1.807, 2.05) is 37.8 Å². The van der Waals surface area contributed by atoms with E-state index in [0.717, 1.165) is 5.92 Å². The normalized spacial score (nSPS) is 23.5. The fourth-order valence-corrected chi connectivity index (χ4v) is 2.47. The predicted molar refractivity (Wildman–Crippen MR) is 89.8 cm³/mol. The molecule has 3 aliphatic rings. The van der Waals surface area contributed by atoms with Crippen molar-refractivity contribution in [3.8, 4) is 0 Å². The van der Waals surface area contributed by atoms with Crippen molar-refractivity contribution >= 4 is 18.0 Å². The molecular weight excluding hydrogens is 306 g/mol. The summed E-state index contributed by atoms with van der Waals surface area (Å²) in [5, 5.41) is 0. The number of fused-ring (bicyclic) bond motifs is 1. The van der Waals surface area contributed by atoms with Gasteiger partial charge in [-0.1, -0.05) is 12.2 Å². The number of amides is 2. The second-order valence-corrected chi connectivity index (χ2v) is 6.64. The minimum absolute atomic E-state index is 0.216. The molecule has 0 spiro atoms. The van der Waals surface area contributed by atoms with Crippen LogP contribution in [-0.2, 0) is 9.53 Å². The number of aliphatic imine (C=N–C) groups is 1. The molecule has 3 rings (SSSR count). The maximum absolute atomic E-state index is 12.6. The third-order valence-electron chi connectivity index (χ3n) is 3.52. The van der Waals surface area contributed by atoms with Gasteiger partial charge < -0.3 is 4.74 Å². The van der Waals surface area contributed by atoms with E-state index < -0.39 is 11.7 Å². The number of carbonyl (C=O) groups is 2. The molecule has 1 saturated carbocycles. The first kappa shape index (κ1) is 16.7. The van der Waals surface area contributed by atoms with Gasteiger partial charge in [-0.05, 0) is 52.5 Å². The molecule has 5 radical (unpaired) electrons. The van der Waals surface area contributed by atoms with Crippen molar-refractivity contribution in [2.24, 2.45) is 4.99 Å². The molecule has 1 fully saturated rings. The summed E-state index contributed by atoms with van der Waals surface area (Å²) in [6.07, 6.45) is 12.5. The number of rotatable bonds is 1. The van der Waals surface area contributed by atoms with E-state index in [0.29, 0.717) is 24.7 Å². The maximum atomic E-state index is 12.6. The number of hydrogen-bond donors (Lipinski definition) is 0. The fraction of sp³-hybridized carbons (Fsp3) is 0.333. The third kappa shape index (κ3) is 3.52. The molecule has 0 aromatic rings. The van der Waals surface area contributed by atoms with E-state index in [9.17, 15) is 9.59 Å². The Morgan fingerprint density at radius 2 is 1.88 bits per heavy atom. The molecule has 24 heavy (non-hydrogen) atoms. The van der Waals surface area contributed by atoms with Gasteiger partial charge in [-0.15, -0.1) is 0 Å². The van der Waals surface area contributed by atoms with Crippen molar-refractivity contribution in [3.63, 3.8) is 0 Å². The van der Waals surface area contributed by atoms with Crippen LogP contribution in [0.5, 0.6) is 0 Å². The Kier molecular flexibility index (Phi) is 4.47. The Balaban J connectivity index is 1.86. The molecule has 0 atom stereocenters. The quantitative estimate of drug-likeness (QED) is 0.548. The van der Waals surface area contributed by atoms with E-state index in [1.54, 1.807) is 26.8 Å². The number of guanidine groups is 1. The fourth-order valence-electron chi connectivity index (χ4n) is 2.47. The molecule has 6 nitrogen and oxygen atoms in total. The van der Waals surface area contributed by atoms with E-state index >= 15 is 0 Å². The Bertz CT molecular complexity index is 622. The highest BCUT2D eigenvalue weighted by Gasteiger charge is 2.38. The van der Waals surface area contributed by atoms with Crippen LogP contribution in [0.25, 0.3) is 0 Å². The topological polar surface area (TPSA) is 62.2 Å². The second-order valence-electron chi connectivity index (χ2n) is 6.64.